The van der Waals surface area contributed by atoms with Crippen LogP contribution in [0.2, 0.25) is 0 Å². The minimum absolute atomic E-state index is 0.144. The summed E-state index contributed by atoms with van der Waals surface area (Å²) in [7, 11) is 0. The quantitative estimate of drug-likeness (QED) is 0.229. The predicted octanol–water partition coefficient (Wildman–Crippen LogP) is 5.63. The van der Waals surface area contributed by atoms with Crippen LogP contribution in [0.15, 0.2) is 22.5 Å². The molecule has 0 saturated carbocycles. The second-order valence-electron chi connectivity index (χ2n) is 11.1. The molecule has 0 saturated heterocycles. The van der Waals surface area contributed by atoms with Crippen LogP contribution in [0.3, 0.4) is 0 Å². The van der Waals surface area contributed by atoms with Gasteiger partial charge in [0, 0.05) is 17.6 Å². The van der Waals surface area contributed by atoms with Crippen LogP contribution in [-0.4, -0.2) is 57.0 Å². The van der Waals surface area contributed by atoms with Crippen LogP contribution < -0.4 is 10.6 Å². The lowest BCUT2D eigenvalue weighted by Gasteiger charge is -2.27. The number of hydrogen-bond acceptors (Lipinski definition) is 9. The zero-order valence-electron chi connectivity index (χ0n) is 24.5. The number of hydrogen-bond donors (Lipinski definition) is 2. The standard InChI is InChI=1S/C28H44N4O5S2/c1-9-11-12-13-14-19(10-2)36-24(33)22(18(3)4)31-25(34)28(8)17-39-23(32-28)20-16-38-21(30-20)15-29-26(35)37-27(5,6)7/h12-13,16,18-19,22H,9-11,14-15,17H2,1-8H3,(H,29,35)(H,31,34)/b13-12-/t19?,22-,28-/m0/s1. The third kappa shape index (κ3) is 10.6. The molecular formula is C28H44N4O5S2. The molecule has 0 fully saturated rings. The van der Waals surface area contributed by atoms with Crippen molar-refractivity contribution in [2.75, 3.05) is 5.75 Å². The molecule has 218 valence electrons. The van der Waals surface area contributed by atoms with Gasteiger partial charge in [-0.3, -0.25) is 9.79 Å². The van der Waals surface area contributed by atoms with Gasteiger partial charge in [0.15, 0.2) is 0 Å². The number of nitrogens with zero attached hydrogens (tertiary/aromatic N) is 2. The van der Waals surface area contributed by atoms with E-state index < -0.39 is 29.2 Å². The number of allylic oxidation sites excluding steroid dienone is 1. The first-order valence-corrected chi connectivity index (χ1v) is 15.4. The molecule has 2 amide bonds. The third-order valence-electron chi connectivity index (χ3n) is 5.85. The van der Waals surface area contributed by atoms with Crippen LogP contribution in [0.5, 0.6) is 0 Å². The molecule has 3 atom stereocenters. The molecular weight excluding hydrogens is 536 g/mol. The van der Waals surface area contributed by atoms with Crippen molar-refractivity contribution in [2.24, 2.45) is 10.9 Å². The smallest absolute Gasteiger partial charge is 0.408 e. The summed E-state index contributed by atoms with van der Waals surface area (Å²) in [5, 5.41) is 8.82. The predicted molar refractivity (Wildman–Crippen MR) is 158 cm³/mol. The molecule has 2 heterocycles. The molecule has 2 rings (SSSR count). The van der Waals surface area contributed by atoms with Gasteiger partial charge in [0.05, 0.1) is 6.54 Å². The highest BCUT2D eigenvalue weighted by molar-refractivity contribution is 8.14. The minimum atomic E-state index is -1.04. The number of rotatable bonds is 13. The molecule has 0 radical (unpaired) electrons. The number of esters is 1. The Labute approximate surface area is 241 Å². The Balaban J connectivity index is 2.01. The summed E-state index contributed by atoms with van der Waals surface area (Å²) in [5.41, 5.74) is -0.962. The van der Waals surface area contributed by atoms with E-state index in [1.807, 2.05) is 26.2 Å². The Morgan fingerprint density at radius 3 is 2.54 bits per heavy atom. The summed E-state index contributed by atoms with van der Waals surface area (Å²) in [5.74, 6) is -0.460. The van der Waals surface area contributed by atoms with Crippen molar-refractivity contribution in [3.05, 3.63) is 28.2 Å². The van der Waals surface area contributed by atoms with Gasteiger partial charge in [-0.2, -0.15) is 0 Å². The van der Waals surface area contributed by atoms with Crippen LogP contribution in [-0.2, 0) is 25.6 Å². The number of alkyl carbamates (subject to hydrolysis) is 1. The second kappa shape index (κ2) is 14.8. The fourth-order valence-electron chi connectivity index (χ4n) is 3.56. The van der Waals surface area contributed by atoms with Gasteiger partial charge in [-0.1, -0.05) is 46.3 Å². The average Bonchev–Trinajstić information content (AvgIpc) is 3.49. The molecule has 2 N–H and O–H groups in total. The summed E-state index contributed by atoms with van der Waals surface area (Å²) in [6.45, 7) is 15.3. The van der Waals surface area contributed by atoms with Gasteiger partial charge in [0.1, 0.15) is 39.0 Å². The van der Waals surface area contributed by atoms with Crippen molar-refractivity contribution in [3.63, 3.8) is 0 Å². The van der Waals surface area contributed by atoms with Gasteiger partial charge in [-0.15, -0.1) is 23.1 Å². The molecule has 1 aliphatic rings. The van der Waals surface area contributed by atoms with Gasteiger partial charge >= 0.3 is 12.1 Å². The van der Waals surface area contributed by atoms with E-state index in [1.165, 1.54) is 23.1 Å². The van der Waals surface area contributed by atoms with E-state index in [0.717, 1.165) is 12.8 Å². The fraction of sp³-hybridized carbons (Fsp3) is 0.679. The lowest BCUT2D eigenvalue weighted by Crippen LogP contribution is -2.53. The summed E-state index contributed by atoms with van der Waals surface area (Å²) in [6, 6.07) is -0.767. The Hall–Kier alpha value is -2.40. The number of thiazole rings is 1. The van der Waals surface area contributed by atoms with Gasteiger partial charge in [0.25, 0.3) is 0 Å². The number of thioether (sulfide) groups is 1. The number of amides is 2. The Morgan fingerprint density at radius 1 is 1.21 bits per heavy atom. The number of ether oxygens (including phenoxy) is 2. The number of carbonyl (C=O) groups excluding carboxylic acids is 3. The Bertz CT molecular complexity index is 1050. The van der Waals surface area contributed by atoms with Crippen molar-refractivity contribution in [1.29, 1.82) is 0 Å². The Kier molecular flexibility index (Phi) is 12.5. The second-order valence-corrected chi connectivity index (χ2v) is 13.0. The van der Waals surface area contributed by atoms with E-state index in [4.69, 9.17) is 14.5 Å². The highest BCUT2D eigenvalue weighted by Crippen LogP contribution is 2.32. The maximum Gasteiger partial charge on any atom is 0.408 e. The van der Waals surface area contributed by atoms with Crippen LogP contribution >= 0.6 is 23.1 Å². The number of aromatic nitrogens is 1. The normalized spacial score (nSPS) is 19.1. The van der Waals surface area contributed by atoms with Crippen molar-refractivity contribution in [2.45, 2.75) is 111 Å². The maximum absolute atomic E-state index is 13.3. The van der Waals surface area contributed by atoms with E-state index in [-0.39, 0.29) is 24.5 Å². The summed E-state index contributed by atoms with van der Waals surface area (Å²) in [6.07, 6.45) is 6.86. The van der Waals surface area contributed by atoms with Crippen LogP contribution in [0, 0.1) is 5.92 Å². The first-order valence-electron chi connectivity index (χ1n) is 13.6. The van der Waals surface area contributed by atoms with Crippen molar-refractivity contribution < 1.29 is 23.9 Å². The van der Waals surface area contributed by atoms with E-state index in [9.17, 15) is 14.4 Å². The molecule has 1 aromatic heterocycles. The number of unbranched alkanes of at least 4 members (excludes halogenated alkanes) is 1. The molecule has 1 aliphatic heterocycles. The molecule has 0 aromatic carbocycles. The topological polar surface area (TPSA) is 119 Å². The monoisotopic (exact) mass is 580 g/mol. The van der Waals surface area contributed by atoms with E-state index >= 15 is 0 Å². The van der Waals surface area contributed by atoms with Gasteiger partial charge in [-0.25, -0.2) is 14.6 Å². The van der Waals surface area contributed by atoms with Gasteiger partial charge in [0.2, 0.25) is 5.91 Å². The first-order chi connectivity index (χ1) is 18.3. The fourth-order valence-corrected chi connectivity index (χ4v) is 5.49. The third-order valence-corrected chi connectivity index (χ3v) is 7.98. The summed E-state index contributed by atoms with van der Waals surface area (Å²) in [4.78, 5) is 47.5. The summed E-state index contributed by atoms with van der Waals surface area (Å²) < 4.78 is 11.0. The van der Waals surface area contributed by atoms with Crippen LogP contribution in [0.4, 0.5) is 4.79 Å². The van der Waals surface area contributed by atoms with Crippen molar-refractivity contribution in [1.82, 2.24) is 15.6 Å². The maximum atomic E-state index is 13.3. The number of carbonyl (C=O) groups is 3. The number of aliphatic imine (C=N–C) groups is 1. The van der Waals surface area contributed by atoms with Crippen molar-refractivity contribution >= 4 is 46.1 Å². The Morgan fingerprint density at radius 2 is 1.92 bits per heavy atom. The molecule has 1 unspecified atom stereocenters. The zero-order valence-corrected chi connectivity index (χ0v) is 26.1. The van der Waals surface area contributed by atoms with E-state index in [0.29, 0.717) is 34.3 Å². The summed E-state index contributed by atoms with van der Waals surface area (Å²) >= 11 is 2.84. The zero-order chi connectivity index (χ0) is 29.2. The highest BCUT2D eigenvalue weighted by Gasteiger charge is 2.41. The molecule has 11 heteroatoms. The molecule has 1 aromatic rings. The van der Waals surface area contributed by atoms with Crippen molar-refractivity contribution in [3.8, 4) is 0 Å². The number of nitrogens with one attached hydrogen (secondary N) is 2. The van der Waals surface area contributed by atoms with E-state index in [2.05, 4.69) is 34.7 Å². The average molecular weight is 581 g/mol. The molecule has 0 aliphatic carbocycles. The highest BCUT2D eigenvalue weighted by atomic mass is 32.2. The largest absolute Gasteiger partial charge is 0.461 e. The van der Waals surface area contributed by atoms with Gasteiger partial charge < -0.3 is 20.1 Å². The molecule has 0 bridgehead atoms. The van der Waals surface area contributed by atoms with Crippen LogP contribution in [0.1, 0.15) is 91.8 Å². The van der Waals surface area contributed by atoms with Crippen LogP contribution in [0.25, 0.3) is 0 Å². The van der Waals surface area contributed by atoms with E-state index in [1.54, 1.807) is 27.7 Å². The van der Waals surface area contributed by atoms with Gasteiger partial charge in [-0.05, 0) is 46.5 Å². The first kappa shape index (κ1) is 32.8. The lowest BCUT2D eigenvalue weighted by molar-refractivity contribution is -0.154. The molecule has 0 spiro atoms. The lowest BCUT2D eigenvalue weighted by atomic mass is 10.0. The SMILES string of the molecule is CCC/C=C\CC(CC)OC(=O)[C@@H](NC(=O)[C@]1(C)CSC(c2csc(CNC(=O)OC(C)(C)C)n2)=N1)C(C)C. The molecule has 39 heavy (non-hydrogen) atoms. The minimum Gasteiger partial charge on any atom is -0.461 e. The molecule has 9 nitrogen and oxygen atoms in total.